The molecule has 0 fully saturated rings. The summed E-state index contributed by atoms with van der Waals surface area (Å²) in [7, 11) is 0. The average Bonchev–Trinajstić information content (AvgIpc) is 2.28. The van der Waals surface area contributed by atoms with E-state index >= 15 is 0 Å². The van der Waals surface area contributed by atoms with E-state index in [2.05, 4.69) is 26.3 Å². The minimum atomic E-state index is -0.669. The van der Waals surface area contributed by atoms with Gasteiger partial charge in [-0.25, -0.2) is 0 Å². The normalized spacial score (nSPS) is 12.9. The van der Waals surface area contributed by atoms with Crippen LogP contribution in [0.25, 0.3) is 0 Å². The molecule has 1 atom stereocenters. The predicted octanol–water partition coefficient (Wildman–Crippen LogP) is 2.89. The first-order chi connectivity index (χ1) is 7.16. The molecule has 84 valence electrons. The lowest BCUT2D eigenvalue weighted by Crippen LogP contribution is -2.41. The van der Waals surface area contributed by atoms with Crippen LogP contribution in [0.15, 0.2) is 50.6 Å². The van der Waals surface area contributed by atoms with Crippen LogP contribution in [0.4, 0.5) is 0 Å². The fourth-order valence-corrected chi connectivity index (χ4v) is 1.20. The highest BCUT2D eigenvalue weighted by Crippen LogP contribution is 2.22. The van der Waals surface area contributed by atoms with Crippen LogP contribution in [-0.2, 0) is 9.47 Å². The monoisotopic (exact) mass is 208 g/mol. The molecule has 0 saturated heterocycles. The molecule has 0 aliphatic heterocycles. The summed E-state index contributed by atoms with van der Waals surface area (Å²) in [6.07, 6.45) is 6.60. The van der Waals surface area contributed by atoms with Crippen LogP contribution in [0.2, 0.25) is 0 Å². The van der Waals surface area contributed by atoms with Gasteiger partial charge in [0.25, 0.3) is 0 Å². The second-order valence-corrected chi connectivity index (χ2v) is 3.13. The minimum Gasteiger partial charge on any atom is -0.371 e. The highest BCUT2D eigenvalue weighted by Gasteiger charge is 2.31. The Morgan fingerprint density at radius 3 is 2.00 bits per heavy atom. The Morgan fingerprint density at radius 2 is 1.60 bits per heavy atom. The maximum absolute atomic E-state index is 5.62. The van der Waals surface area contributed by atoms with Crippen LogP contribution in [-0.4, -0.2) is 24.9 Å². The number of hydrogen-bond donors (Lipinski definition) is 0. The van der Waals surface area contributed by atoms with E-state index in [0.717, 1.165) is 0 Å². The first kappa shape index (κ1) is 13.9. The molecule has 0 aromatic rings. The lowest BCUT2D eigenvalue weighted by Gasteiger charge is -2.32. The molecule has 0 radical (unpaired) electrons. The molecule has 0 aliphatic carbocycles. The van der Waals surface area contributed by atoms with Crippen LogP contribution < -0.4 is 0 Å². The molecular formula is C13H20O2. The van der Waals surface area contributed by atoms with Crippen LogP contribution >= 0.6 is 0 Å². The summed E-state index contributed by atoms with van der Waals surface area (Å²) in [5.41, 5.74) is -0.669. The Balaban J connectivity index is 4.57. The van der Waals surface area contributed by atoms with Crippen molar-refractivity contribution in [3.63, 3.8) is 0 Å². The maximum atomic E-state index is 5.62. The third-order valence-corrected chi connectivity index (χ3v) is 2.19. The Morgan fingerprint density at radius 1 is 1.07 bits per heavy atom. The van der Waals surface area contributed by atoms with E-state index in [1.807, 2.05) is 6.92 Å². The summed E-state index contributed by atoms with van der Waals surface area (Å²) in [5.74, 6) is 0. The lowest BCUT2D eigenvalue weighted by atomic mass is 9.97. The molecule has 0 unspecified atom stereocenters. The van der Waals surface area contributed by atoms with E-state index in [9.17, 15) is 0 Å². The van der Waals surface area contributed by atoms with Crippen molar-refractivity contribution in [1.29, 1.82) is 0 Å². The number of rotatable bonds is 9. The zero-order chi connectivity index (χ0) is 11.7. The molecule has 0 saturated carbocycles. The molecule has 15 heavy (non-hydrogen) atoms. The van der Waals surface area contributed by atoms with Crippen molar-refractivity contribution in [3.05, 3.63) is 50.6 Å². The second kappa shape index (κ2) is 7.21. The van der Waals surface area contributed by atoms with Gasteiger partial charge in [-0.2, -0.15) is 0 Å². The summed E-state index contributed by atoms with van der Waals surface area (Å²) in [6, 6.07) is 0. The Labute approximate surface area is 92.6 Å². The van der Waals surface area contributed by atoms with Gasteiger partial charge in [-0.05, 0) is 6.92 Å². The smallest absolute Gasteiger partial charge is 0.130 e. The van der Waals surface area contributed by atoms with Crippen LogP contribution in [0.3, 0.4) is 0 Å². The largest absolute Gasteiger partial charge is 0.371 e. The highest BCUT2D eigenvalue weighted by atomic mass is 16.5. The van der Waals surface area contributed by atoms with E-state index < -0.39 is 5.60 Å². The fourth-order valence-electron chi connectivity index (χ4n) is 1.20. The zero-order valence-corrected chi connectivity index (χ0v) is 9.45. The highest BCUT2D eigenvalue weighted by molar-refractivity contribution is 5.14. The van der Waals surface area contributed by atoms with Crippen molar-refractivity contribution >= 4 is 0 Å². The van der Waals surface area contributed by atoms with Crippen molar-refractivity contribution in [2.45, 2.75) is 18.6 Å². The van der Waals surface area contributed by atoms with E-state index in [1.165, 1.54) is 0 Å². The second-order valence-electron chi connectivity index (χ2n) is 3.13. The standard InChI is InChI=1S/C13H20O2/c1-6-10-14-12(5)13(8-3,9-4)15-11-7-2/h6-9,12H,1-4,10-11H2,5H3/t12-/m0/s1. The van der Waals surface area contributed by atoms with E-state index in [0.29, 0.717) is 13.2 Å². The van der Waals surface area contributed by atoms with E-state index in [1.54, 1.807) is 24.3 Å². The molecule has 0 N–H and O–H groups in total. The Kier molecular flexibility index (Phi) is 6.67. The van der Waals surface area contributed by atoms with Crippen LogP contribution in [0, 0.1) is 0 Å². The van der Waals surface area contributed by atoms with Gasteiger partial charge in [0.2, 0.25) is 0 Å². The van der Waals surface area contributed by atoms with E-state index in [-0.39, 0.29) is 6.10 Å². The van der Waals surface area contributed by atoms with Gasteiger partial charge >= 0.3 is 0 Å². The lowest BCUT2D eigenvalue weighted by molar-refractivity contribution is -0.0703. The summed E-state index contributed by atoms with van der Waals surface area (Å²) in [5, 5.41) is 0. The first-order valence-electron chi connectivity index (χ1n) is 4.91. The number of hydrogen-bond acceptors (Lipinski definition) is 2. The summed E-state index contributed by atoms with van der Waals surface area (Å²) in [6.45, 7) is 17.5. The molecule has 0 aromatic heterocycles. The van der Waals surface area contributed by atoms with Gasteiger partial charge in [-0.1, -0.05) is 37.5 Å². The van der Waals surface area contributed by atoms with Gasteiger partial charge in [0, 0.05) is 0 Å². The molecule has 0 rings (SSSR count). The fraction of sp³-hybridized carbons (Fsp3) is 0.385. The molecule has 0 heterocycles. The molecule has 0 aromatic carbocycles. The van der Waals surface area contributed by atoms with Gasteiger partial charge < -0.3 is 9.47 Å². The van der Waals surface area contributed by atoms with Crippen molar-refractivity contribution in [2.24, 2.45) is 0 Å². The third kappa shape index (κ3) is 3.86. The number of ether oxygens (including phenoxy) is 2. The predicted molar refractivity (Wildman–Crippen MR) is 64.9 cm³/mol. The molecule has 0 spiro atoms. The van der Waals surface area contributed by atoms with Gasteiger partial charge in [-0.3, -0.25) is 0 Å². The minimum absolute atomic E-state index is 0.162. The summed E-state index contributed by atoms with van der Waals surface area (Å²) in [4.78, 5) is 0. The molecule has 0 bridgehead atoms. The maximum Gasteiger partial charge on any atom is 0.130 e. The molecule has 2 heteroatoms. The molecule has 0 amide bonds. The zero-order valence-electron chi connectivity index (χ0n) is 9.45. The quantitative estimate of drug-likeness (QED) is 0.542. The van der Waals surface area contributed by atoms with Crippen LogP contribution in [0.1, 0.15) is 6.92 Å². The topological polar surface area (TPSA) is 18.5 Å². The molecular weight excluding hydrogens is 188 g/mol. The van der Waals surface area contributed by atoms with Crippen LogP contribution in [0.5, 0.6) is 0 Å². The van der Waals surface area contributed by atoms with Crippen molar-refractivity contribution in [1.82, 2.24) is 0 Å². The first-order valence-corrected chi connectivity index (χ1v) is 4.91. The van der Waals surface area contributed by atoms with Gasteiger partial charge in [0.05, 0.1) is 19.3 Å². The molecule has 2 nitrogen and oxygen atoms in total. The van der Waals surface area contributed by atoms with Crippen molar-refractivity contribution in [3.8, 4) is 0 Å². The Bertz CT molecular complexity index is 223. The Hall–Kier alpha value is -1.12. The SMILES string of the molecule is C=CCO[C@@H](C)C(C=C)(C=C)OCC=C. The van der Waals surface area contributed by atoms with E-state index in [4.69, 9.17) is 9.47 Å². The average molecular weight is 208 g/mol. The van der Waals surface area contributed by atoms with Crippen molar-refractivity contribution < 1.29 is 9.47 Å². The third-order valence-electron chi connectivity index (χ3n) is 2.19. The van der Waals surface area contributed by atoms with Gasteiger partial charge in [-0.15, -0.1) is 13.2 Å². The summed E-state index contributed by atoms with van der Waals surface area (Å²) >= 11 is 0. The van der Waals surface area contributed by atoms with Gasteiger partial charge in [0.1, 0.15) is 5.60 Å². The molecule has 0 aliphatic rings. The van der Waals surface area contributed by atoms with Crippen molar-refractivity contribution in [2.75, 3.05) is 13.2 Å². The van der Waals surface area contributed by atoms with Gasteiger partial charge in [0.15, 0.2) is 0 Å². The summed E-state index contributed by atoms with van der Waals surface area (Å²) < 4.78 is 11.1.